The summed E-state index contributed by atoms with van der Waals surface area (Å²) in [6, 6.07) is 95.7. The van der Waals surface area contributed by atoms with Gasteiger partial charge in [0.05, 0.1) is 22.4 Å². The van der Waals surface area contributed by atoms with Crippen molar-refractivity contribution in [3.05, 3.63) is 267 Å². The first-order chi connectivity index (χ1) is 33.2. The van der Waals surface area contributed by atoms with E-state index < -0.39 is 0 Å². The van der Waals surface area contributed by atoms with Crippen LogP contribution in [0.15, 0.2) is 271 Å². The van der Waals surface area contributed by atoms with Gasteiger partial charge in [-0.15, -0.1) is 0 Å². The normalized spacial score (nSPS) is 11.3. The minimum atomic E-state index is 0.810. The van der Waals surface area contributed by atoms with E-state index in [2.05, 4.69) is 277 Å². The van der Waals surface area contributed by atoms with E-state index in [1.54, 1.807) is 0 Å². The molecule has 67 heavy (non-hydrogen) atoms. The van der Waals surface area contributed by atoms with Gasteiger partial charge in [0.25, 0.3) is 0 Å². The van der Waals surface area contributed by atoms with Gasteiger partial charge in [0.2, 0.25) is 0 Å². The van der Waals surface area contributed by atoms with Crippen LogP contribution in [0.4, 0.5) is 34.1 Å². The number of benzene rings is 11. The second-order valence-electron chi connectivity index (χ2n) is 16.9. The number of anilines is 6. The lowest BCUT2D eigenvalue weighted by atomic mass is 9.93. The highest BCUT2D eigenvalue weighted by Crippen LogP contribution is 2.54. The van der Waals surface area contributed by atoms with Crippen molar-refractivity contribution in [2.45, 2.75) is 0 Å². The minimum Gasteiger partial charge on any atom is -0.456 e. The van der Waals surface area contributed by atoms with Gasteiger partial charge in [0, 0.05) is 28.0 Å². The zero-order chi connectivity index (χ0) is 44.5. The van der Waals surface area contributed by atoms with E-state index in [-0.39, 0.29) is 0 Å². The van der Waals surface area contributed by atoms with Gasteiger partial charge < -0.3 is 14.2 Å². The van der Waals surface area contributed by atoms with Crippen molar-refractivity contribution >= 4 is 66.8 Å². The molecule has 1 aromatic heterocycles. The fourth-order valence-corrected chi connectivity index (χ4v) is 9.69. The van der Waals surface area contributed by atoms with Crippen molar-refractivity contribution in [3.63, 3.8) is 0 Å². The third-order valence-corrected chi connectivity index (χ3v) is 12.8. The molecular weight excluding hydrogens is 813 g/mol. The fourth-order valence-electron chi connectivity index (χ4n) is 9.69. The summed E-state index contributed by atoms with van der Waals surface area (Å²) in [5, 5.41) is 4.36. The molecule has 0 aliphatic rings. The number of fused-ring (bicyclic) bond motifs is 4. The monoisotopic (exact) mass is 856 g/mol. The van der Waals surface area contributed by atoms with Crippen molar-refractivity contribution in [1.82, 2.24) is 0 Å². The molecule has 0 aliphatic carbocycles. The number of furan rings is 1. The summed E-state index contributed by atoms with van der Waals surface area (Å²) >= 11 is 0. The molecule has 0 saturated heterocycles. The van der Waals surface area contributed by atoms with Crippen LogP contribution in [0.25, 0.3) is 77.2 Å². The van der Waals surface area contributed by atoms with Crippen LogP contribution in [0, 0.1) is 0 Å². The molecule has 3 nitrogen and oxygen atoms in total. The zero-order valence-electron chi connectivity index (χ0n) is 36.7. The first kappa shape index (κ1) is 39.7. The topological polar surface area (TPSA) is 19.6 Å². The van der Waals surface area contributed by atoms with Crippen molar-refractivity contribution in [2.24, 2.45) is 0 Å². The van der Waals surface area contributed by atoms with Gasteiger partial charge in [0.15, 0.2) is 0 Å². The maximum Gasteiger partial charge on any atom is 0.137 e. The van der Waals surface area contributed by atoms with Gasteiger partial charge >= 0.3 is 0 Å². The Morgan fingerprint density at radius 1 is 0.269 bits per heavy atom. The molecule has 0 bridgehead atoms. The molecule has 0 atom stereocenters. The van der Waals surface area contributed by atoms with Crippen LogP contribution in [-0.4, -0.2) is 0 Å². The van der Waals surface area contributed by atoms with Crippen LogP contribution in [-0.2, 0) is 0 Å². The molecule has 0 saturated carbocycles. The lowest BCUT2D eigenvalue weighted by Crippen LogP contribution is -2.18. The highest BCUT2D eigenvalue weighted by atomic mass is 16.3. The Balaban J connectivity index is 1.20. The average molecular weight is 857 g/mol. The zero-order valence-corrected chi connectivity index (χ0v) is 36.7. The van der Waals surface area contributed by atoms with E-state index in [1.165, 1.54) is 16.7 Å². The summed E-state index contributed by atoms with van der Waals surface area (Å²) in [4.78, 5) is 4.89. The van der Waals surface area contributed by atoms with Crippen LogP contribution in [0.2, 0.25) is 0 Å². The van der Waals surface area contributed by atoms with Gasteiger partial charge in [-0.2, -0.15) is 0 Å². The molecule has 316 valence electrons. The van der Waals surface area contributed by atoms with Crippen molar-refractivity contribution < 1.29 is 4.42 Å². The molecule has 0 unspecified atom stereocenters. The molecule has 11 aromatic carbocycles. The number of hydrogen-bond acceptors (Lipinski definition) is 3. The molecule has 0 spiro atoms. The number of para-hydroxylation sites is 2. The second kappa shape index (κ2) is 17.2. The van der Waals surface area contributed by atoms with Gasteiger partial charge in [-0.3, -0.25) is 0 Å². The van der Waals surface area contributed by atoms with E-state index in [0.717, 1.165) is 94.7 Å². The molecule has 3 heteroatoms. The highest BCUT2D eigenvalue weighted by Gasteiger charge is 2.29. The maximum absolute atomic E-state index is 6.96. The Labute approximate surface area is 390 Å². The average Bonchev–Trinajstić information content (AvgIpc) is 3.77. The summed E-state index contributed by atoms with van der Waals surface area (Å²) in [6.45, 7) is 0. The maximum atomic E-state index is 6.96. The third kappa shape index (κ3) is 7.39. The van der Waals surface area contributed by atoms with Gasteiger partial charge in [-0.1, -0.05) is 200 Å². The molecule has 0 fully saturated rings. The van der Waals surface area contributed by atoms with Gasteiger partial charge in [-0.25, -0.2) is 0 Å². The summed E-state index contributed by atoms with van der Waals surface area (Å²) in [5.74, 6) is 0. The Morgan fingerprint density at radius 3 is 1.42 bits per heavy atom. The fraction of sp³-hybridized carbons (Fsp3) is 0. The quantitative estimate of drug-likeness (QED) is 0.137. The SMILES string of the molecule is c1ccc(-c2ccc(N(c3ccccc3-c3ccccc3)c3c(N(c4ccccc4)c4ccc(-c5ccccc5)c(-c5ccccc5)c4)ccc4oc5cc6ccccc6cc5c34)cc2)cc1. The molecule has 0 radical (unpaired) electrons. The molecule has 0 aliphatic heterocycles. The molecular formula is C64H44N2O. The van der Waals surface area contributed by atoms with Crippen LogP contribution >= 0.6 is 0 Å². The predicted molar refractivity (Wildman–Crippen MR) is 282 cm³/mol. The Kier molecular flexibility index (Phi) is 10.2. The smallest absolute Gasteiger partial charge is 0.137 e. The molecule has 1 heterocycles. The number of rotatable bonds is 10. The summed E-state index contributed by atoms with van der Waals surface area (Å²) in [7, 11) is 0. The van der Waals surface area contributed by atoms with E-state index in [9.17, 15) is 0 Å². The first-order valence-corrected chi connectivity index (χ1v) is 22.8. The van der Waals surface area contributed by atoms with Crippen LogP contribution < -0.4 is 9.80 Å². The second-order valence-corrected chi connectivity index (χ2v) is 16.9. The van der Waals surface area contributed by atoms with E-state index in [4.69, 9.17) is 4.42 Å². The van der Waals surface area contributed by atoms with E-state index in [1.807, 2.05) is 0 Å². The largest absolute Gasteiger partial charge is 0.456 e. The van der Waals surface area contributed by atoms with Gasteiger partial charge in [0.1, 0.15) is 11.2 Å². The van der Waals surface area contributed by atoms with Crippen molar-refractivity contribution in [3.8, 4) is 44.5 Å². The number of hydrogen-bond donors (Lipinski definition) is 0. The Morgan fingerprint density at radius 2 is 0.761 bits per heavy atom. The predicted octanol–water partition coefficient (Wildman–Crippen LogP) is 18.3. The lowest BCUT2D eigenvalue weighted by Gasteiger charge is -2.35. The van der Waals surface area contributed by atoms with Crippen LogP contribution in [0.5, 0.6) is 0 Å². The summed E-state index contributed by atoms with van der Waals surface area (Å²) in [5.41, 5.74) is 17.0. The standard InChI is InChI=1S/C64H44N2O/c1-6-20-45(21-7-1)46-34-36-53(37-35-46)66(59-33-19-18-32-56(59)48-24-10-3-11-25-48)64-60(40-41-61-63(64)58-42-50-28-16-17-29-51(50)43-62(58)67-61)65(52-30-14-5-15-31-52)54-38-39-55(47-22-8-2-9-23-47)57(44-54)49-26-12-4-13-27-49/h1-44H. The summed E-state index contributed by atoms with van der Waals surface area (Å²) < 4.78 is 6.96. The Bertz CT molecular complexity index is 3660. The number of nitrogens with zero attached hydrogens (tertiary/aromatic N) is 2. The highest BCUT2D eigenvalue weighted by molar-refractivity contribution is 6.20. The molecule has 0 amide bonds. The third-order valence-electron chi connectivity index (χ3n) is 12.8. The lowest BCUT2D eigenvalue weighted by molar-refractivity contribution is 0.669. The first-order valence-electron chi connectivity index (χ1n) is 22.8. The molecule has 12 aromatic rings. The summed E-state index contributed by atoms with van der Waals surface area (Å²) in [6.07, 6.45) is 0. The van der Waals surface area contributed by atoms with E-state index >= 15 is 0 Å². The van der Waals surface area contributed by atoms with Crippen LogP contribution in [0.3, 0.4) is 0 Å². The molecule has 12 rings (SSSR count). The van der Waals surface area contributed by atoms with Crippen LogP contribution in [0.1, 0.15) is 0 Å². The van der Waals surface area contributed by atoms with Crippen molar-refractivity contribution in [2.75, 3.05) is 9.80 Å². The Hall–Kier alpha value is -8.92. The molecule has 0 N–H and O–H groups in total. The minimum absolute atomic E-state index is 0.810. The van der Waals surface area contributed by atoms with E-state index in [0.29, 0.717) is 0 Å². The van der Waals surface area contributed by atoms with Gasteiger partial charge in [-0.05, 0) is 116 Å². The van der Waals surface area contributed by atoms with Crippen molar-refractivity contribution in [1.29, 1.82) is 0 Å².